The number of nitrogens with zero attached hydrogens (tertiary/aromatic N) is 4. The Bertz CT molecular complexity index is 4640. The van der Waals surface area contributed by atoms with Gasteiger partial charge in [-0.25, -0.2) is 0 Å². The van der Waals surface area contributed by atoms with Crippen molar-refractivity contribution in [1.82, 2.24) is 19.9 Å². The maximum Gasteiger partial charge on any atom is 0.522 e. The smallest absolute Gasteiger partial charge is 0.501 e. The van der Waals surface area contributed by atoms with Crippen LogP contribution in [0.4, 0.5) is 13.2 Å². The van der Waals surface area contributed by atoms with Crippen LogP contribution in [0.25, 0.3) is 88.9 Å². The molecule has 0 unspecified atom stereocenters. The SMILES string of the molecule is CC1(C)c2ccccc2Oc2cc(-c3[c-]ccc4c3oc3ccccc34)ncc21.CC1(C)c2ccccc2Oc2cc(-c3cccc4c3oc3ccccc34)ncc21.CO.CO.O=S(=O)(O)C(F)(F)F.[Ir].[Ir].[c-]1ccccc1-c1ccccn1.[c-]1ccccc1-c1ccccn1. The third-order valence-electron chi connectivity index (χ3n) is 15.5. The summed E-state index contributed by atoms with van der Waals surface area (Å²) >= 11 is 0. The molecule has 0 spiro atoms. The van der Waals surface area contributed by atoms with Crippen molar-refractivity contribution in [2.24, 2.45) is 0 Å². The van der Waals surface area contributed by atoms with E-state index in [-0.39, 0.29) is 51.0 Å². The third-order valence-corrected chi connectivity index (χ3v) is 16.1. The van der Waals surface area contributed by atoms with Gasteiger partial charge in [-0.15, -0.1) is 90.0 Å². The summed E-state index contributed by atoms with van der Waals surface area (Å²) < 4.78 is 82.4. The van der Waals surface area contributed by atoms with Crippen molar-refractivity contribution in [3.05, 3.63) is 290 Å². The monoisotopic (exact) mass is 1660 g/mol. The van der Waals surface area contributed by atoms with E-state index in [1.54, 1.807) is 12.4 Å². The molecule has 2 aliphatic rings. The number of hydrogen-bond donors (Lipinski definition) is 3. The summed E-state index contributed by atoms with van der Waals surface area (Å²) in [6.07, 6.45) is 7.45. The number of benzene rings is 8. The average molecular weight is 1660 g/mol. The minimum absolute atomic E-state index is 0. The molecule has 0 atom stereocenters. The topological polar surface area (TPSA) is 191 Å². The first kappa shape index (κ1) is 72.3. The van der Waals surface area contributed by atoms with Gasteiger partial charge in [-0.2, -0.15) is 21.6 Å². The van der Waals surface area contributed by atoms with E-state index >= 15 is 0 Å². The van der Waals surface area contributed by atoms with Crippen molar-refractivity contribution >= 4 is 54.0 Å². The average Bonchev–Trinajstić information content (AvgIpc) is 1.03. The molecule has 16 rings (SSSR count). The fraction of sp³-hybridized carbons (Fsp3) is 0.117. The fourth-order valence-electron chi connectivity index (χ4n) is 10.9. The molecule has 8 heterocycles. The number of aliphatic hydroxyl groups is 2. The normalized spacial score (nSPS) is 12.4. The first-order valence-corrected chi connectivity index (χ1v) is 30.9. The summed E-state index contributed by atoms with van der Waals surface area (Å²) in [5, 5.41) is 18.4. The molecule has 0 aliphatic carbocycles. The second-order valence-corrected chi connectivity index (χ2v) is 23.4. The first-order chi connectivity index (χ1) is 45.4. The summed E-state index contributed by atoms with van der Waals surface area (Å²) in [7, 11) is -3.84. The number of para-hydroxylation sites is 5. The van der Waals surface area contributed by atoms with Gasteiger partial charge >= 0.3 is 15.6 Å². The van der Waals surface area contributed by atoms with Crippen LogP contribution in [-0.2, 0) is 61.2 Å². The number of furan rings is 2. The molecule has 6 aromatic heterocycles. The van der Waals surface area contributed by atoms with Crippen LogP contribution >= 0.6 is 0 Å². The van der Waals surface area contributed by atoms with Crippen LogP contribution in [0.2, 0.25) is 0 Å². The number of aliphatic hydroxyl groups excluding tert-OH is 2. The maximum absolute atomic E-state index is 10.7. The Morgan fingerprint density at radius 2 is 0.833 bits per heavy atom. The van der Waals surface area contributed by atoms with E-state index in [0.717, 1.165) is 137 Å². The van der Waals surface area contributed by atoms with Crippen LogP contribution in [0.3, 0.4) is 0 Å². The van der Waals surface area contributed by atoms with Crippen LogP contribution in [0.1, 0.15) is 49.9 Å². The second kappa shape index (κ2) is 31.8. The molecular formula is C77H62F3Ir2N4O9S-3. The van der Waals surface area contributed by atoms with E-state index in [1.165, 1.54) is 11.1 Å². The predicted molar refractivity (Wildman–Crippen MR) is 361 cm³/mol. The van der Waals surface area contributed by atoms with E-state index in [0.29, 0.717) is 0 Å². The molecule has 0 amide bonds. The Balaban J connectivity index is 0.000000163. The Labute approximate surface area is 580 Å². The van der Waals surface area contributed by atoms with Gasteiger partial charge < -0.3 is 43.5 Å². The molecule has 2 aliphatic heterocycles. The summed E-state index contributed by atoms with van der Waals surface area (Å²) in [4.78, 5) is 18.0. The van der Waals surface area contributed by atoms with Crippen molar-refractivity contribution in [2.45, 2.75) is 44.0 Å². The van der Waals surface area contributed by atoms with Gasteiger partial charge in [-0.05, 0) is 65.6 Å². The van der Waals surface area contributed by atoms with Gasteiger partial charge in [-0.3, -0.25) is 9.54 Å². The van der Waals surface area contributed by atoms with Gasteiger partial charge in [0, 0.05) is 140 Å². The number of aromatic nitrogens is 4. The van der Waals surface area contributed by atoms with Gasteiger partial charge in [0.1, 0.15) is 39.7 Å². The van der Waals surface area contributed by atoms with Crippen molar-refractivity contribution in [3.63, 3.8) is 0 Å². The molecule has 2 radical (unpaired) electrons. The Morgan fingerprint density at radius 3 is 1.30 bits per heavy atom. The van der Waals surface area contributed by atoms with Gasteiger partial charge in [0.05, 0.1) is 11.3 Å². The zero-order valence-corrected chi connectivity index (χ0v) is 58.1. The van der Waals surface area contributed by atoms with E-state index in [4.69, 9.17) is 51.5 Å². The number of fused-ring (bicyclic) bond motifs is 10. The predicted octanol–water partition coefficient (Wildman–Crippen LogP) is 18.7. The molecule has 14 aromatic rings. The molecule has 0 saturated carbocycles. The van der Waals surface area contributed by atoms with Crippen molar-refractivity contribution in [2.75, 3.05) is 14.2 Å². The van der Waals surface area contributed by atoms with Crippen LogP contribution in [0.5, 0.6) is 23.0 Å². The van der Waals surface area contributed by atoms with Gasteiger partial charge in [0.25, 0.3) is 0 Å². The number of halogens is 3. The summed E-state index contributed by atoms with van der Waals surface area (Å²) in [5.41, 5.74) is 9.56. The second-order valence-electron chi connectivity index (χ2n) is 22.0. The number of pyridine rings is 4. The first-order valence-electron chi connectivity index (χ1n) is 29.4. The van der Waals surface area contributed by atoms with Gasteiger partial charge in [-0.1, -0.05) is 148 Å². The van der Waals surface area contributed by atoms with Gasteiger partial charge in [0.2, 0.25) is 0 Å². The van der Waals surface area contributed by atoms with E-state index in [2.05, 4.69) is 104 Å². The van der Waals surface area contributed by atoms with E-state index < -0.39 is 15.6 Å². The number of ether oxygens (including phenoxy) is 2. The molecule has 0 saturated heterocycles. The van der Waals surface area contributed by atoms with E-state index in [1.807, 2.05) is 188 Å². The molecule has 13 nitrogen and oxygen atoms in total. The zero-order valence-electron chi connectivity index (χ0n) is 52.5. The Hall–Kier alpha value is -9.52. The van der Waals surface area contributed by atoms with Crippen LogP contribution in [0, 0.1) is 18.2 Å². The number of hydrogen-bond acceptors (Lipinski definition) is 12. The molecule has 19 heteroatoms. The summed E-state index contributed by atoms with van der Waals surface area (Å²) in [6.45, 7) is 8.85. The zero-order chi connectivity index (χ0) is 66.6. The Kier molecular flexibility index (Phi) is 24.0. The molecule has 8 aromatic carbocycles. The number of alkyl halides is 3. The number of rotatable bonds is 4. The Morgan fingerprint density at radius 1 is 0.417 bits per heavy atom. The quantitative estimate of drug-likeness (QED) is 0.0858. The van der Waals surface area contributed by atoms with Gasteiger partial charge in [0.15, 0.2) is 0 Å². The summed E-state index contributed by atoms with van der Waals surface area (Å²) in [5.74, 6) is 3.49. The minimum atomic E-state index is -5.84. The standard InChI is InChI=1S/C26H19NO2.C26H18NO2.2C11H8N.CHF3O3S.2CH4O.2Ir/c2*1-26(2)19-11-4-6-13-23(19)28-24-14-21(27-15-20(24)26)18-10-7-9-17-16-8-3-5-12-22(16)29-25(17)18;2*1-2-6-10(7-3-1)11-8-4-5-9-12-11;2-1(3,4)8(5,6)7;2*1-2;;/h3-15H,1-2H3;3-9,11-15H,1-2H3;2*1-6,8-9H;(H,5,6,7);2*2H,1H3;;/q;3*-1;;;;;. The largest absolute Gasteiger partial charge is 0.522 e. The third kappa shape index (κ3) is 15.7. The van der Waals surface area contributed by atoms with Crippen LogP contribution < -0.4 is 9.47 Å². The minimum Gasteiger partial charge on any atom is -0.501 e. The summed E-state index contributed by atoms with van der Waals surface area (Å²) in [6, 6.07) is 83.8. The fourth-order valence-corrected chi connectivity index (χ4v) is 10.9. The van der Waals surface area contributed by atoms with Crippen molar-refractivity contribution < 1.29 is 94.9 Å². The van der Waals surface area contributed by atoms with E-state index in [9.17, 15) is 13.2 Å². The van der Waals surface area contributed by atoms with Crippen LogP contribution in [-0.4, -0.2) is 62.8 Å². The maximum atomic E-state index is 10.7. The molecule has 3 N–H and O–H groups in total. The molecule has 492 valence electrons. The molecule has 0 bridgehead atoms. The van der Waals surface area contributed by atoms with Crippen molar-refractivity contribution in [1.29, 1.82) is 0 Å². The molecule has 0 fully saturated rings. The van der Waals surface area contributed by atoms with Crippen molar-refractivity contribution in [3.8, 4) is 68.0 Å². The van der Waals surface area contributed by atoms with Crippen LogP contribution in [0.15, 0.2) is 258 Å². The molecule has 96 heavy (non-hydrogen) atoms. The molecular weight excluding hydrogens is 1600 g/mol.